The Kier molecular flexibility index (Phi) is 6.98. The van der Waals surface area contributed by atoms with E-state index in [2.05, 4.69) is 12.1 Å². The Bertz CT molecular complexity index is 822. The third kappa shape index (κ3) is 5.07. The molecule has 0 fully saturated rings. The summed E-state index contributed by atoms with van der Waals surface area (Å²) in [5.74, 6) is 0.358. The number of rotatable bonds is 7. The van der Waals surface area contributed by atoms with Crippen molar-refractivity contribution < 1.29 is 19.1 Å². The molecule has 28 heavy (non-hydrogen) atoms. The average Bonchev–Trinajstić information content (AvgIpc) is 2.75. The summed E-state index contributed by atoms with van der Waals surface area (Å²) in [6.45, 7) is -0.225. The number of methoxy groups -OCH3 is 1. The minimum Gasteiger partial charge on any atom is -0.497 e. The van der Waals surface area contributed by atoms with E-state index in [9.17, 15) is 9.59 Å². The third-order valence-electron chi connectivity index (χ3n) is 4.97. The number of carbonyl (C=O) groups is 2. The van der Waals surface area contributed by atoms with Gasteiger partial charge in [-0.1, -0.05) is 24.3 Å². The molecule has 0 bridgehead atoms. The van der Waals surface area contributed by atoms with Gasteiger partial charge < -0.3 is 14.4 Å². The molecule has 3 rings (SSSR count). The largest absolute Gasteiger partial charge is 0.497 e. The fourth-order valence-corrected chi connectivity index (χ4v) is 4.10. The molecule has 1 aliphatic carbocycles. The van der Waals surface area contributed by atoms with Gasteiger partial charge in [-0.15, -0.1) is 11.8 Å². The molecule has 0 heterocycles. The summed E-state index contributed by atoms with van der Waals surface area (Å²) >= 11 is 1.37. The lowest BCUT2D eigenvalue weighted by atomic mass is 9.87. The molecule has 6 heteroatoms. The van der Waals surface area contributed by atoms with Crippen molar-refractivity contribution in [3.8, 4) is 5.75 Å². The first-order valence-corrected chi connectivity index (χ1v) is 10.3. The second kappa shape index (κ2) is 9.64. The Morgan fingerprint density at radius 2 is 1.89 bits per heavy atom. The van der Waals surface area contributed by atoms with E-state index in [1.165, 1.54) is 22.9 Å². The molecule has 0 aliphatic heterocycles. The van der Waals surface area contributed by atoms with Crippen LogP contribution >= 0.6 is 11.8 Å². The van der Waals surface area contributed by atoms with Crippen molar-refractivity contribution in [3.63, 3.8) is 0 Å². The van der Waals surface area contributed by atoms with E-state index in [1.54, 1.807) is 19.1 Å². The number of likely N-dealkylation sites (N-methyl/N-ethyl adjacent to an activating group) is 1. The molecule has 1 amide bonds. The number of esters is 1. The average molecular weight is 400 g/mol. The number of aryl methyl sites for hydroxylation is 1. The summed E-state index contributed by atoms with van der Waals surface area (Å²) in [6.07, 6.45) is 3.03. The van der Waals surface area contributed by atoms with Crippen LogP contribution in [-0.4, -0.2) is 43.3 Å². The Labute approximate surface area is 170 Å². The van der Waals surface area contributed by atoms with E-state index >= 15 is 0 Å². The predicted octanol–water partition coefficient (Wildman–Crippen LogP) is 3.87. The van der Waals surface area contributed by atoms with Crippen LogP contribution in [0.15, 0.2) is 53.4 Å². The molecule has 0 spiro atoms. The number of nitrogens with zero attached hydrogens (tertiary/aromatic N) is 1. The van der Waals surface area contributed by atoms with Crippen molar-refractivity contribution in [2.75, 3.05) is 26.5 Å². The number of ether oxygens (including phenoxy) is 2. The van der Waals surface area contributed by atoms with E-state index in [4.69, 9.17) is 9.47 Å². The molecule has 0 saturated carbocycles. The maximum atomic E-state index is 12.5. The molecule has 0 N–H and O–H groups in total. The van der Waals surface area contributed by atoms with E-state index in [0.29, 0.717) is 0 Å². The highest BCUT2D eigenvalue weighted by atomic mass is 32.2. The highest BCUT2D eigenvalue weighted by Crippen LogP contribution is 2.33. The lowest BCUT2D eigenvalue weighted by Gasteiger charge is -2.33. The van der Waals surface area contributed by atoms with Gasteiger partial charge in [-0.05, 0) is 54.7 Å². The van der Waals surface area contributed by atoms with Crippen LogP contribution in [0.3, 0.4) is 0 Å². The lowest BCUT2D eigenvalue weighted by Crippen LogP contribution is -2.36. The number of thioether (sulfide) groups is 1. The number of amides is 1. The molecule has 2 aromatic rings. The molecule has 5 nitrogen and oxygen atoms in total. The molecule has 0 saturated heterocycles. The first kappa shape index (κ1) is 20.3. The first-order valence-electron chi connectivity index (χ1n) is 9.34. The van der Waals surface area contributed by atoms with Gasteiger partial charge in [0.15, 0.2) is 6.61 Å². The molecule has 0 aromatic heterocycles. The van der Waals surface area contributed by atoms with E-state index in [0.717, 1.165) is 29.9 Å². The van der Waals surface area contributed by atoms with Crippen molar-refractivity contribution >= 4 is 23.6 Å². The van der Waals surface area contributed by atoms with Gasteiger partial charge >= 0.3 is 5.97 Å². The zero-order valence-corrected chi connectivity index (χ0v) is 17.0. The van der Waals surface area contributed by atoms with Crippen LogP contribution < -0.4 is 4.74 Å². The van der Waals surface area contributed by atoms with Crippen molar-refractivity contribution in [2.45, 2.75) is 30.2 Å². The minimum absolute atomic E-state index is 0.0461. The predicted molar refractivity (Wildman–Crippen MR) is 110 cm³/mol. The minimum atomic E-state index is -0.397. The molecule has 1 aliphatic rings. The summed E-state index contributed by atoms with van der Waals surface area (Å²) in [5.41, 5.74) is 2.50. The smallest absolute Gasteiger partial charge is 0.316 e. The second-order valence-corrected chi connectivity index (χ2v) is 7.79. The van der Waals surface area contributed by atoms with Crippen LogP contribution in [0.4, 0.5) is 0 Å². The number of benzene rings is 2. The number of carbonyl (C=O) groups excluding carboxylic acids is 2. The highest BCUT2D eigenvalue weighted by Gasteiger charge is 2.26. The third-order valence-corrected chi connectivity index (χ3v) is 5.96. The molecule has 148 valence electrons. The van der Waals surface area contributed by atoms with Gasteiger partial charge in [0.1, 0.15) is 5.75 Å². The van der Waals surface area contributed by atoms with Gasteiger partial charge in [-0.3, -0.25) is 9.59 Å². The molecule has 1 atom stereocenters. The fourth-order valence-electron chi connectivity index (χ4n) is 3.40. The van der Waals surface area contributed by atoms with Gasteiger partial charge in [0.05, 0.1) is 18.9 Å². The Balaban J connectivity index is 1.47. The van der Waals surface area contributed by atoms with Gasteiger partial charge in [0, 0.05) is 11.9 Å². The highest BCUT2D eigenvalue weighted by molar-refractivity contribution is 8.00. The monoisotopic (exact) mass is 399 g/mol. The van der Waals surface area contributed by atoms with E-state index in [-0.39, 0.29) is 24.3 Å². The zero-order chi connectivity index (χ0) is 19.9. The standard InChI is InChI=1S/C22H25NO4S/c1-23(20-9-5-7-16-6-3-4-8-19(16)20)21(24)14-27-22(25)15-28-18-12-10-17(26-2)11-13-18/h3-4,6,8,10-13,20H,5,7,9,14-15H2,1-2H3/t20-/m1/s1. The molecular formula is C22H25NO4S. The summed E-state index contributed by atoms with van der Waals surface area (Å²) in [6, 6.07) is 15.7. The summed E-state index contributed by atoms with van der Waals surface area (Å²) in [5, 5.41) is 0. The summed E-state index contributed by atoms with van der Waals surface area (Å²) in [7, 11) is 3.40. The van der Waals surface area contributed by atoms with E-state index in [1.807, 2.05) is 36.4 Å². The molecule has 0 radical (unpaired) electrons. The quantitative estimate of drug-likeness (QED) is 0.523. The molecule has 0 unspecified atom stereocenters. The first-order chi connectivity index (χ1) is 13.6. The Hall–Kier alpha value is -2.47. The van der Waals surface area contributed by atoms with Gasteiger partial charge in [-0.2, -0.15) is 0 Å². The number of fused-ring (bicyclic) bond motifs is 1. The molecule has 2 aromatic carbocycles. The number of hydrogen-bond acceptors (Lipinski definition) is 5. The SMILES string of the molecule is COc1ccc(SCC(=O)OCC(=O)N(C)[C@@H]2CCCc3ccccc32)cc1. The topological polar surface area (TPSA) is 55.8 Å². The lowest BCUT2D eigenvalue weighted by molar-refractivity contribution is -0.150. The van der Waals surface area contributed by atoms with Crippen LogP contribution in [0.25, 0.3) is 0 Å². The van der Waals surface area contributed by atoms with Crippen LogP contribution in [0.1, 0.15) is 30.0 Å². The maximum Gasteiger partial charge on any atom is 0.316 e. The maximum absolute atomic E-state index is 12.5. The van der Waals surface area contributed by atoms with Gasteiger partial charge in [0.25, 0.3) is 5.91 Å². The van der Waals surface area contributed by atoms with Crippen LogP contribution in [0.2, 0.25) is 0 Å². The van der Waals surface area contributed by atoms with Crippen molar-refractivity contribution in [3.05, 3.63) is 59.7 Å². The van der Waals surface area contributed by atoms with Crippen LogP contribution in [-0.2, 0) is 20.7 Å². The normalized spacial score (nSPS) is 15.4. The van der Waals surface area contributed by atoms with Crippen molar-refractivity contribution in [2.24, 2.45) is 0 Å². The van der Waals surface area contributed by atoms with Crippen LogP contribution in [0, 0.1) is 0 Å². The Morgan fingerprint density at radius 1 is 1.14 bits per heavy atom. The summed E-state index contributed by atoms with van der Waals surface area (Å²) < 4.78 is 10.3. The second-order valence-electron chi connectivity index (χ2n) is 6.74. The van der Waals surface area contributed by atoms with Crippen molar-refractivity contribution in [1.29, 1.82) is 0 Å². The van der Waals surface area contributed by atoms with Gasteiger partial charge in [0.2, 0.25) is 0 Å². The van der Waals surface area contributed by atoms with Crippen LogP contribution in [0.5, 0.6) is 5.75 Å². The van der Waals surface area contributed by atoms with Gasteiger partial charge in [-0.25, -0.2) is 0 Å². The number of hydrogen-bond donors (Lipinski definition) is 0. The Morgan fingerprint density at radius 3 is 2.64 bits per heavy atom. The molecular weight excluding hydrogens is 374 g/mol. The van der Waals surface area contributed by atoms with E-state index < -0.39 is 5.97 Å². The summed E-state index contributed by atoms with van der Waals surface area (Å²) in [4.78, 5) is 27.2. The zero-order valence-electron chi connectivity index (χ0n) is 16.2. The van der Waals surface area contributed by atoms with Crippen molar-refractivity contribution in [1.82, 2.24) is 4.90 Å². The fraction of sp³-hybridized carbons (Fsp3) is 0.364.